The predicted octanol–water partition coefficient (Wildman–Crippen LogP) is 4.19. The maximum atomic E-state index is 13.3. The van der Waals surface area contributed by atoms with Crippen LogP contribution in [-0.2, 0) is 13.6 Å². The molecule has 4 unspecified atom stereocenters. The lowest BCUT2D eigenvalue weighted by atomic mass is 9.75. The summed E-state index contributed by atoms with van der Waals surface area (Å²) < 4.78 is 33.8. The van der Waals surface area contributed by atoms with Crippen LogP contribution in [0, 0.1) is 17.8 Å². The topological polar surface area (TPSA) is 35.5 Å². The van der Waals surface area contributed by atoms with Gasteiger partial charge < -0.3 is 0 Å². The summed E-state index contributed by atoms with van der Waals surface area (Å²) in [5.41, 5.74) is 0. The smallest absolute Gasteiger partial charge is 0.287 e. The Morgan fingerprint density at radius 3 is 2.50 bits per heavy atom. The Balaban J connectivity index is 2.68. The predicted molar refractivity (Wildman–Crippen MR) is 61.9 cm³/mol. The minimum atomic E-state index is -4.35. The van der Waals surface area contributed by atoms with Crippen LogP contribution >= 0.6 is 7.91 Å². The fourth-order valence-corrected chi connectivity index (χ4v) is 3.09. The second-order valence-corrected chi connectivity index (χ2v) is 6.52. The van der Waals surface area contributed by atoms with E-state index in [-0.39, 0.29) is 12.0 Å². The van der Waals surface area contributed by atoms with E-state index >= 15 is 0 Å². The Morgan fingerprint density at radius 1 is 1.38 bits per heavy atom. The minimum Gasteiger partial charge on any atom is -0.287 e. The summed E-state index contributed by atoms with van der Waals surface area (Å²) in [5, 5.41) is 0. The fourth-order valence-electron chi connectivity index (χ4n) is 2.44. The van der Waals surface area contributed by atoms with Crippen molar-refractivity contribution in [2.45, 2.75) is 46.1 Å². The van der Waals surface area contributed by atoms with Crippen molar-refractivity contribution in [3.05, 3.63) is 0 Å². The molecule has 1 saturated carbocycles. The van der Waals surface area contributed by atoms with Crippen molar-refractivity contribution < 1.29 is 17.8 Å². The van der Waals surface area contributed by atoms with E-state index in [1.165, 1.54) is 0 Å². The summed E-state index contributed by atoms with van der Waals surface area (Å²) in [6.45, 7) is 6.29. The lowest BCUT2D eigenvalue weighted by Crippen LogP contribution is -2.33. The first-order valence-electron chi connectivity index (χ1n) is 5.89. The second kappa shape index (κ2) is 5.61. The van der Waals surface area contributed by atoms with E-state index in [1.54, 1.807) is 0 Å². The van der Waals surface area contributed by atoms with Crippen molar-refractivity contribution in [3.63, 3.8) is 0 Å². The van der Waals surface area contributed by atoms with Gasteiger partial charge in [-0.1, -0.05) is 27.2 Å². The molecule has 16 heavy (non-hydrogen) atoms. The zero-order valence-electron chi connectivity index (χ0n) is 10.5. The monoisotopic (exact) mass is 252 g/mol. The van der Waals surface area contributed by atoms with E-state index in [4.69, 9.17) is 4.52 Å². The molecule has 0 aromatic heterocycles. The third-order valence-electron chi connectivity index (χ3n) is 3.44. The van der Waals surface area contributed by atoms with Gasteiger partial charge in [-0.15, -0.1) is 4.20 Å². The Morgan fingerprint density at radius 2 is 2.00 bits per heavy atom. The Labute approximate surface area is 97.4 Å². The van der Waals surface area contributed by atoms with E-state index in [0.717, 1.165) is 26.4 Å². The van der Waals surface area contributed by atoms with Crippen LogP contribution < -0.4 is 0 Å². The normalized spacial score (nSPS) is 35.0. The number of halogens is 1. The molecule has 1 fully saturated rings. The van der Waals surface area contributed by atoms with E-state index < -0.39 is 7.91 Å². The van der Waals surface area contributed by atoms with Gasteiger partial charge in [0, 0.05) is 7.11 Å². The molecular formula is C11H22FO3P. The van der Waals surface area contributed by atoms with Crippen molar-refractivity contribution in [3.8, 4) is 0 Å². The Bertz CT molecular complexity index is 270. The molecular weight excluding hydrogens is 230 g/mol. The molecule has 3 nitrogen and oxygen atoms in total. The summed E-state index contributed by atoms with van der Waals surface area (Å²) in [7, 11) is -3.26. The summed E-state index contributed by atoms with van der Waals surface area (Å²) in [5.74, 6) is 1.18. The molecule has 1 aliphatic carbocycles. The first-order valence-corrected chi connectivity index (χ1v) is 7.33. The molecule has 0 spiro atoms. The molecule has 1 aliphatic rings. The first kappa shape index (κ1) is 14.1. The zero-order chi connectivity index (χ0) is 12.3. The summed E-state index contributed by atoms with van der Waals surface area (Å²) >= 11 is 0. The highest BCUT2D eigenvalue weighted by Gasteiger charge is 2.37. The number of rotatable bonds is 4. The molecule has 1 rings (SSSR count). The van der Waals surface area contributed by atoms with Crippen molar-refractivity contribution in [1.29, 1.82) is 0 Å². The van der Waals surface area contributed by atoms with Crippen LogP contribution in [0.15, 0.2) is 0 Å². The van der Waals surface area contributed by atoms with Crippen molar-refractivity contribution in [1.82, 2.24) is 0 Å². The molecule has 0 aromatic rings. The lowest BCUT2D eigenvalue weighted by Gasteiger charge is -2.36. The highest BCUT2D eigenvalue weighted by molar-refractivity contribution is 7.48. The van der Waals surface area contributed by atoms with Crippen LogP contribution in [0.5, 0.6) is 0 Å². The fraction of sp³-hybridized carbons (Fsp3) is 1.00. The molecule has 0 bridgehead atoms. The van der Waals surface area contributed by atoms with Gasteiger partial charge in [0.1, 0.15) is 0 Å². The summed E-state index contributed by atoms with van der Waals surface area (Å²) in [6.07, 6.45) is 2.62. The standard InChI is InChI=1S/C11H22FO3P/c1-8(2)10-6-5-9(3)7-11(10)15-16(12,13)14-4/h8-11H,5-7H2,1-4H3. The summed E-state index contributed by atoms with van der Waals surface area (Å²) in [6, 6.07) is 0. The molecule has 0 aliphatic heterocycles. The molecule has 0 amide bonds. The molecule has 5 heteroatoms. The van der Waals surface area contributed by atoms with Crippen molar-refractivity contribution in [2.24, 2.45) is 17.8 Å². The van der Waals surface area contributed by atoms with Crippen LogP contribution in [0.4, 0.5) is 4.20 Å². The molecule has 0 saturated heterocycles. The zero-order valence-corrected chi connectivity index (χ0v) is 11.4. The van der Waals surface area contributed by atoms with Gasteiger partial charge in [-0.3, -0.25) is 9.05 Å². The quantitative estimate of drug-likeness (QED) is 0.704. The van der Waals surface area contributed by atoms with Gasteiger partial charge in [0.2, 0.25) is 0 Å². The average Bonchev–Trinajstić information content (AvgIpc) is 2.16. The second-order valence-electron chi connectivity index (χ2n) is 5.08. The van der Waals surface area contributed by atoms with Gasteiger partial charge in [-0.2, -0.15) is 0 Å². The first-order chi connectivity index (χ1) is 7.35. The van der Waals surface area contributed by atoms with Gasteiger partial charge in [-0.05, 0) is 30.6 Å². The lowest BCUT2D eigenvalue weighted by molar-refractivity contribution is 0.0258. The highest BCUT2D eigenvalue weighted by atomic mass is 31.2. The Hall–Kier alpha value is 0.0800. The molecule has 4 atom stereocenters. The average molecular weight is 252 g/mol. The van der Waals surface area contributed by atoms with Crippen LogP contribution in [0.25, 0.3) is 0 Å². The molecule has 0 aromatic carbocycles. The summed E-state index contributed by atoms with van der Waals surface area (Å²) in [4.78, 5) is 0. The van der Waals surface area contributed by atoms with E-state index in [0.29, 0.717) is 11.8 Å². The Kier molecular flexibility index (Phi) is 4.96. The third kappa shape index (κ3) is 3.83. The van der Waals surface area contributed by atoms with E-state index in [2.05, 4.69) is 25.3 Å². The van der Waals surface area contributed by atoms with Crippen molar-refractivity contribution >= 4 is 7.91 Å². The molecule has 0 heterocycles. The van der Waals surface area contributed by atoms with Crippen LogP contribution in [0.1, 0.15) is 40.0 Å². The van der Waals surface area contributed by atoms with Crippen molar-refractivity contribution in [2.75, 3.05) is 7.11 Å². The van der Waals surface area contributed by atoms with Gasteiger partial charge >= 0.3 is 7.91 Å². The van der Waals surface area contributed by atoms with Crippen LogP contribution in [0.3, 0.4) is 0 Å². The highest BCUT2D eigenvalue weighted by Crippen LogP contribution is 2.53. The van der Waals surface area contributed by atoms with E-state index in [1.807, 2.05) is 0 Å². The van der Waals surface area contributed by atoms with Gasteiger partial charge in [0.15, 0.2) is 0 Å². The number of hydrogen-bond acceptors (Lipinski definition) is 3. The number of hydrogen-bond donors (Lipinski definition) is 0. The largest absolute Gasteiger partial charge is 0.513 e. The molecule has 96 valence electrons. The van der Waals surface area contributed by atoms with Gasteiger partial charge in [0.25, 0.3) is 0 Å². The molecule has 0 radical (unpaired) electrons. The molecule has 0 N–H and O–H groups in total. The maximum Gasteiger partial charge on any atom is 0.513 e. The van der Waals surface area contributed by atoms with Crippen LogP contribution in [-0.4, -0.2) is 13.2 Å². The van der Waals surface area contributed by atoms with E-state index in [9.17, 15) is 8.76 Å². The van der Waals surface area contributed by atoms with Crippen LogP contribution in [0.2, 0.25) is 0 Å². The minimum absolute atomic E-state index is 0.274. The van der Waals surface area contributed by atoms with Gasteiger partial charge in [-0.25, -0.2) is 4.57 Å². The SMILES string of the molecule is COP(=O)(F)OC1CC(C)CCC1C(C)C. The maximum absolute atomic E-state index is 13.3. The van der Waals surface area contributed by atoms with Gasteiger partial charge in [0.05, 0.1) is 6.10 Å². The third-order valence-corrected chi connectivity index (χ3v) is 4.40.